The Hall–Kier alpha value is -1.93. The summed E-state index contributed by atoms with van der Waals surface area (Å²) in [5.41, 5.74) is 0.304. The van der Waals surface area contributed by atoms with Crippen LogP contribution in [0.1, 0.15) is 6.92 Å². The summed E-state index contributed by atoms with van der Waals surface area (Å²) in [4.78, 5) is -0.208. The lowest BCUT2D eigenvalue weighted by Gasteiger charge is -2.23. The average molecular weight is 357 g/mol. The van der Waals surface area contributed by atoms with Crippen LogP contribution in [0.5, 0.6) is 0 Å². The Morgan fingerprint density at radius 3 is 2.04 bits per heavy atom. The van der Waals surface area contributed by atoms with Crippen LogP contribution in [-0.2, 0) is 19.9 Å². The van der Waals surface area contributed by atoms with Crippen LogP contribution in [0.2, 0.25) is 0 Å². The number of halogens is 1. The van der Waals surface area contributed by atoms with Crippen molar-refractivity contribution in [3.05, 3.63) is 54.3 Å². The summed E-state index contributed by atoms with van der Waals surface area (Å²) >= 11 is 0. The Labute approximate surface area is 135 Å². The first-order valence-electron chi connectivity index (χ1n) is 6.74. The van der Waals surface area contributed by atoms with Gasteiger partial charge in [0.2, 0.25) is 0 Å². The summed E-state index contributed by atoms with van der Waals surface area (Å²) in [6, 6.07) is 10.2. The summed E-state index contributed by atoms with van der Waals surface area (Å²) in [7, 11) is -7.47. The van der Waals surface area contributed by atoms with Gasteiger partial charge in [0.05, 0.1) is 15.5 Å². The predicted octanol–water partition coefficient (Wildman–Crippen LogP) is 2.44. The lowest BCUT2D eigenvalue weighted by Crippen LogP contribution is -2.30. The van der Waals surface area contributed by atoms with Crippen LogP contribution in [-0.4, -0.2) is 29.6 Å². The predicted molar refractivity (Wildman–Crippen MR) is 86.2 cm³/mol. The zero-order chi connectivity index (χ0) is 17.3. The van der Waals surface area contributed by atoms with Crippen molar-refractivity contribution in [2.75, 3.05) is 17.1 Å². The second-order valence-corrected chi connectivity index (χ2v) is 8.77. The second kappa shape index (κ2) is 6.29. The van der Waals surface area contributed by atoms with Gasteiger partial charge < -0.3 is 0 Å². The molecule has 2 aromatic rings. The number of hydrogen-bond donors (Lipinski definition) is 0. The first-order chi connectivity index (χ1) is 10.7. The Bertz CT molecular complexity index is 907. The maximum atomic E-state index is 13.0. The molecule has 0 saturated heterocycles. The van der Waals surface area contributed by atoms with Crippen molar-refractivity contribution >= 4 is 25.5 Å². The fourth-order valence-corrected chi connectivity index (χ4v) is 4.35. The molecule has 124 valence electrons. The first-order valence-corrected chi connectivity index (χ1v) is 10.1. The molecule has 0 fully saturated rings. The quantitative estimate of drug-likeness (QED) is 0.824. The largest absolute Gasteiger partial charge is 0.267 e. The standard InChI is InChI=1S/C15H16FNO4S2/c1-3-17(13-9-7-12(16)8-10-13)23(20,21)15-6-4-5-14(11-15)22(2,18)19/h4-11H,3H2,1-2H3. The minimum absolute atomic E-state index is 0.0752. The van der Waals surface area contributed by atoms with Crippen LogP contribution in [0.25, 0.3) is 0 Å². The lowest BCUT2D eigenvalue weighted by atomic mass is 10.3. The SMILES string of the molecule is CCN(c1ccc(F)cc1)S(=O)(=O)c1cccc(S(C)(=O)=O)c1. The van der Waals surface area contributed by atoms with Gasteiger partial charge >= 0.3 is 0 Å². The highest BCUT2D eigenvalue weighted by Crippen LogP contribution is 2.25. The van der Waals surface area contributed by atoms with Crippen LogP contribution in [0.3, 0.4) is 0 Å². The smallest absolute Gasteiger partial charge is 0.264 e. The van der Waals surface area contributed by atoms with Crippen LogP contribution in [0.4, 0.5) is 10.1 Å². The van der Waals surface area contributed by atoms with E-state index >= 15 is 0 Å². The fraction of sp³-hybridized carbons (Fsp3) is 0.200. The number of sulfonamides is 1. The molecular formula is C15H16FNO4S2. The third-order valence-corrected chi connectivity index (χ3v) is 6.23. The maximum absolute atomic E-state index is 13.0. The molecule has 0 saturated carbocycles. The summed E-state index contributed by atoms with van der Waals surface area (Å²) in [6.07, 6.45) is 1.01. The van der Waals surface area contributed by atoms with Gasteiger partial charge in [0.25, 0.3) is 10.0 Å². The van der Waals surface area contributed by atoms with E-state index in [1.807, 2.05) is 0 Å². The molecule has 2 rings (SSSR count). The van der Waals surface area contributed by atoms with E-state index in [0.717, 1.165) is 16.6 Å². The van der Waals surface area contributed by atoms with E-state index in [0.29, 0.717) is 5.69 Å². The molecule has 8 heteroatoms. The molecule has 0 atom stereocenters. The van der Waals surface area contributed by atoms with Gasteiger partial charge in [0.1, 0.15) is 5.82 Å². The van der Waals surface area contributed by atoms with Gasteiger partial charge in [-0.1, -0.05) is 6.07 Å². The molecule has 0 aromatic heterocycles. The third-order valence-electron chi connectivity index (χ3n) is 3.22. The Morgan fingerprint density at radius 2 is 1.52 bits per heavy atom. The molecule has 0 N–H and O–H groups in total. The van der Waals surface area contributed by atoms with Gasteiger partial charge in [0.15, 0.2) is 9.84 Å². The number of hydrogen-bond acceptors (Lipinski definition) is 4. The number of sulfone groups is 1. The molecule has 0 aliphatic heterocycles. The summed E-state index contributed by atoms with van der Waals surface area (Å²) in [6.45, 7) is 1.76. The average Bonchev–Trinajstić information content (AvgIpc) is 2.49. The second-order valence-electron chi connectivity index (χ2n) is 4.89. The van der Waals surface area contributed by atoms with Crippen molar-refractivity contribution in [1.29, 1.82) is 0 Å². The number of anilines is 1. The van der Waals surface area contributed by atoms with Crippen molar-refractivity contribution in [2.45, 2.75) is 16.7 Å². The molecule has 2 aromatic carbocycles. The highest BCUT2D eigenvalue weighted by atomic mass is 32.2. The van der Waals surface area contributed by atoms with Crippen LogP contribution < -0.4 is 4.31 Å². The molecule has 5 nitrogen and oxygen atoms in total. The zero-order valence-electron chi connectivity index (χ0n) is 12.6. The molecular weight excluding hydrogens is 341 g/mol. The van der Waals surface area contributed by atoms with Crippen molar-refractivity contribution in [1.82, 2.24) is 0 Å². The topological polar surface area (TPSA) is 71.5 Å². The summed E-state index contributed by atoms with van der Waals surface area (Å²) in [5.74, 6) is -0.471. The molecule has 0 unspecified atom stereocenters. The first kappa shape index (κ1) is 17.4. The Kier molecular flexibility index (Phi) is 4.76. The summed E-state index contributed by atoms with van der Waals surface area (Å²) < 4.78 is 62.9. The highest BCUT2D eigenvalue weighted by Gasteiger charge is 2.24. The molecule has 0 spiro atoms. The molecule has 0 bridgehead atoms. The Balaban J connectivity index is 2.54. The lowest BCUT2D eigenvalue weighted by molar-refractivity contribution is 0.591. The molecule has 0 aliphatic carbocycles. The fourth-order valence-electron chi connectivity index (χ4n) is 2.09. The minimum atomic E-state index is -3.95. The normalized spacial score (nSPS) is 12.1. The van der Waals surface area contributed by atoms with E-state index < -0.39 is 25.7 Å². The van der Waals surface area contributed by atoms with Gasteiger partial charge in [-0.2, -0.15) is 0 Å². The van der Waals surface area contributed by atoms with Crippen molar-refractivity contribution in [2.24, 2.45) is 0 Å². The third kappa shape index (κ3) is 3.70. The van der Waals surface area contributed by atoms with Crippen LogP contribution >= 0.6 is 0 Å². The van der Waals surface area contributed by atoms with Crippen LogP contribution in [0.15, 0.2) is 58.3 Å². The number of rotatable bonds is 5. The van der Waals surface area contributed by atoms with Gasteiger partial charge in [-0.3, -0.25) is 4.31 Å². The molecule has 0 amide bonds. The van der Waals surface area contributed by atoms with E-state index in [1.165, 1.54) is 42.5 Å². The van der Waals surface area contributed by atoms with Crippen molar-refractivity contribution in [3.63, 3.8) is 0 Å². The minimum Gasteiger partial charge on any atom is -0.267 e. The van der Waals surface area contributed by atoms with E-state index in [2.05, 4.69) is 0 Å². The van der Waals surface area contributed by atoms with Gasteiger partial charge in [-0.15, -0.1) is 0 Å². The summed E-state index contributed by atoms with van der Waals surface area (Å²) in [5, 5.41) is 0. The monoisotopic (exact) mass is 357 g/mol. The number of nitrogens with zero attached hydrogens (tertiary/aromatic N) is 1. The van der Waals surface area contributed by atoms with E-state index in [1.54, 1.807) is 6.92 Å². The van der Waals surface area contributed by atoms with E-state index in [9.17, 15) is 21.2 Å². The van der Waals surface area contributed by atoms with Crippen LogP contribution in [0, 0.1) is 5.82 Å². The van der Waals surface area contributed by atoms with Gasteiger partial charge in [-0.05, 0) is 49.4 Å². The molecule has 0 radical (unpaired) electrons. The maximum Gasteiger partial charge on any atom is 0.264 e. The van der Waals surface area contributed by atoms with Gasteiger partial charge in [0, 0.05) is 12.8 Å². The van der Waals surface area contributed by atoms with E-state index in [4.69, 9.17) is 0 Å². The highest BCUT2D eigenvalue weighted by molar-refractivity contribution is 7.93. The molecule has 0 aliphatic rings. The molecule has 0 heterocycles. The van der Waals surface area contributed by atoms with Crippen molar-refractivity contribution < 1.29 is 21.2 Å². The Morgan fingerprint density at radius 1 is 0.957 bits per heavy atom. The van der Waals surface area contributed by atoms with Gasteiger partial charge in [-0.25, -0.2) is 21.2 Å². The van der Waals surface area contributed by atoms with E-state index in [-0.39, 0.29) is 16.3 Å². The zero-order valence-corrected chi connectivity index (χ0v) is 14.2. The molecule has 23 heavy (non-hydrogen) atoms. The number of benzene rings is 2. The van der Waals surface area contributed by atoms with Crippen molar-refractivity contribution in [3.8, 4) is 0 Å².